The second-order valence-corrected chi connectivity index (χ2v) is 5.18. The minimum Gasteiger partial charge on any atom is -0.344 e. The third-order valence-corrected chi connectivity index (χ3v) is 2.68. The quantitative estimate of drug-likeness (QED) is 0.839. The summed E-state index contributed by atoms with van der Waals surface area (Å²) in [5, 5.41) is 2.86. The van der Waals surface area contributed by atoms with Gasteiger partial charge in [-0.15, -0.1) is 0 Å². The minimum absolute atomic E-state index is 0.194. The van der Waals surface area contributed by atoms with Crippen molar-refractivity contribution in [2.24, 2.45) is 11.7 Å². The largest absolute Gasteiger partial charge is 0.344 e. The summed E-state index contributed by atoms with van der Waals surface area (Å²) in [6.07, 6.45) is 1.80. The molecule has 0 aliphatic rings. The molecule has 4 nitrogen and oxygen atoms in total. The molecule has 0 bridgehead atoms. The molecular weight excluding hydrogens is 233 g/mol. The minimum atomic E-state index is -0.471. The Kier molecular flexibility index (Phi) is 4.78. The fourth-order valence-corrected chi connectivity index (χ4v) is 1.93. The molecule has 0 aliphatic carbocycles. The van der Waals surface area contributed by atoms with Crippen molar-refractivity contribution in [3.05, 3.63) is 29.8 Å². The predicted molar refractivity (Wildman–Crippen MR) is 68.6 cm³/mol. The highest BCUT2D eigenvalue weighted by molar-refractivity contribution is 5.92. The van der Waals surface area contributed by atoms with Gasteiger partial charge in [-0.05, 0) is 31.4 Å². The molecule has 0 radical (unpaired) electrons. The van der Waals surface area contributed by atoms with Crippen molar-refractivity contribution in [2.75, 3.05) is 6.54 Å². The van der Waals surface area contributed by atoms with E-state index in [-0.39, 0.29) is 11.6 Å². The number of pyridine rings is 1. The Balaban J connectivity index is 2.76. The lowest BCUT2D eigenvalue weighted by Crippen LogP contribution is -2.52. The van der Waals surface area contributed by atoms with Crippen LogP contribution in [0.1, 0.15) is 37.7 Å². The Morgan fingerprint density at radius 2 is 2.22 bits per heavy atom. The van der Waals surface area contributed by atoms with Crippen LogP contribution in [0.4, 0.5) is 4.39 Å². The average molecular weight is 253 g/mol. The number of rotatable bonds is 5. The SMILES string of the molecule is CC(C)CC(C)(CN)NC(=O)c1ccc(F)cn1. The van der Waals surface area contributed by atoms with E-state index in [9.17, 15) is 9.18 Å². The highest BCUT2D eigenvalue weighted by Gasteiger charge is 2.26. The molecule has 1 aromatic rings. The number of hydrogen-bond acceptors (Lipinski definition) is 3. The smallest absolute Gasteiger partial charge is 0.270 e. The van der Waals surface area contributed by atoms with E-state index in [1.165, 1.54) is 12.1 Å². The zero-order chi connectivity index (χ0) is 13.8. The fourth-order valence-electron chi connectivity index (χ4n) is 1.93. The molecule has 0 aliphatic heterocycles. The molecule has 1 heterocycles. The van der Waals surface area contributed by atoms with Crippen LogP contribution < -0.4 is 11.1 Å². The van der Waals surface area contributed by atoms with Crippen LogP contribution in [0.3, 0.4) is 0 Å². The van der Waals surface area contributed by atoms with E-state index >= 15 is 0 Å². The fraction of sp³-hybridized carbons (Fsp3) is 0.538. The first kappa shape index (κ1) is 14.6. The number of nitrogens with one attached hydrogen (secondary N) is 1. The Hall–Kier alpha value is -1.49. The van der Waals surface area contributed by atoms with Crippen LogP contribution in [0.2, 0.25) is 0 Å². The zero-order valence-electron chi connectivity index (χ0n) is 11.0. The zero-order valence-corrected chi connectivity index (χ0v) is 11.0. The Labute approximate surface area is 107 Å². The van der Waals surface area contributed by atoms with Gasteiger partial charge in [-0.1, -0.05) is 13.8 Å². The van der Waals surface area contributed by atoms with Gasteiger partial charge in [0.2, 0.25) is 0 Å². The van der Waals surface area contributed by atoms with Crippen LogP contribution in [0.25, 0.3) is 0 Å². The summed E-state index contributed by atoms with van der Waals surface area (Å²) in [5.74, 6) is -0.376. The van der Waals surface area contributed by atoms with Gasteiger partial charge in [0.05, 0.1) is 11.7 Å². The summed E-state index contributed by atoms with van der Waals surface area (Å²) in [6.45, 7) is 6.37. The summed E-state index contributed by atoms with van der Waals surface area (Å²) in [7, 11) is 0. The summed E-state index contributed by atoms with van der Waals surface area (Å²) < 4.78 is 12.7. The van der Waals surface area contributed by atoms with Crippen molar-refractivity contribution < 1.29 is 9.18 Å². The van der Waals surface area contributed by atoms with Crippen molar-refractivity contribution in [2.45, 2.75) is 32.7 Å². The van der Waals surface area contributed by atoms with E-state index in [4.69, 9.17) is 5.73 Å². The van der Waals surface area contributed by atoms with Crippen LogP contribution in [0.5, 0.6) is 0 Å². The van der Waals surface area contributed by atoms with Crippen molar-refractivity contribution in [3.63, 3.8) is 0 Å². The molecule has 18 heavy (non-hydrogen) atoms. The van der Waals surface area contributed by atoms with Gasteiger partial charge >= 0.3 is 0 Å². The highest BCUT2D eigenvalue weighted by atomic mass is 19.1. The van der Waals surface area contributed by atoms with E-state index in [1.54, 1.807) is 0 Å². The van der Waals surface area contributed by atoms with E-state index in [2.05, 4.69) is 24.1 Å². The molecule has 1 atom stereocenters. The lowest BCUT2D eigenvalue weighted by molar-refractivity contribution is 0.0893. The maximum absolute atomic E-state index is 12.7. The molecule has 5 heteroatoms. The number of nitrogens with two attached hydrogens (primary N) is 1. The number of aromatic nitrogens is 1. The van der Waals surface area contributed by atoms with Crippen molar-refractivity contribution in [3.8, 4) is 0 Å². The number of carbonyl (C=O) groups excluding carboxylic acids is 1. The number of halogens is 1. The summed E-state index contributed by atoms with van der Waals surface area (Å²) in [4.78, 5) is 15.7. The van der Waals surface area contributed by atoms with Gasteiger partial charge in [-0.3, -0.25) is 4.79 Å². The van der Waals surface area contributed by atoms with Gasteiger partial charge in [-0.2, -0.15) is 0 Å². The molecule has 0 aromatic carbocycles. The average Bonchev–Trinajstić information content (AvgIpc) is 2.28. The van der Waals surface area contributed by atoms with Crippen LogP contribution in [-0.4, -0.2) is 23.0 Å². The van der Waals surface area contributed by atoms with Crippen molar-refractivity contribution in [1.29, 1.82) is 0 Å². The third kappa shape index (κ3) is 4.07. The molecule has 1 aromatic heterocycles. The van der Waals surface area contributed by atoms with Crippen LogP contribution in [-0.2, 0) is 0 Å². The first-order valence-corrected chi connectivity index (χ1v) is 6.00. The molecule has 0 spiro atoms. The number of carbonyl (C=O) groups is 1. The molecule has 0 fully saturated rings. The van der Waals surface area contributed by atoms with Crippen molar-refractivity contribution >= 4 is 5.91 Å². The molecule has 1 amide bonds. The van der Waals surface area contributed by atoms with Gasteiger partial charge in [-0.25, -0.2) is 9.37 Å². The second kappa shape index (κ2) is 5.91. The highest BCUT2D eigenvalue weighted by Crippen LogP contribution is 2.15. The van der Waals surface area contributed by atoms with Crippen LogP contribution in [0.15, 0.2) is 18.3 Å². The lowest BCUT2D eigenvalue weighted by Gasteiger charge is -2.31. The van der Waals surface area contributed by atoms with E-state index in [1.807, 2.05) is 6.92 Å². The van der Waals surface area contributed by atoms with Gasteiger partial charge in [0.1, 0.15) is 11.5 Å². The molecule has 1 rings (SSSR count). The van der Waals surface area contributed by atoms with Gasteiger partial charge < -0.3 is 11.1 Å². The van der Waals surface area contributed by atoms with E-state index < -0.39 is 11.4 Å². The molecular formula is C13H20FN3O. The molecule has 0 saturated carbocycles. The van der Waals surface area contributed by atoms with E-state index in [0.717, 1.165) is 12.6 Å². The van der Waals surface area contributed by atoms with Crippen LogP contribution >= 0.6 is 0 Å². The number of hydrogen-bond donors (Lipinski definition) is 2. The number of nitrogens with zero attached hydrogens (tertiary/aromatic N) is 1. The maximum Gasteiger partial charge on any atom is 0.270 e. The second-order valence-electron chi connectivity index (χ2n) is 5.18. The van der Waals surface area contributed by atoms with Gasteiger partial charge in [0, 0.05) is 6.54 Å². The van der Waals surface area contributed by atoms with Crippen LogP contribution in [0, 0.1) is 11.7 Å². The molecule has 100 valence electrons. The Bertz CT molecular complexity index is 405. The molecule has 3 N–H and O–H groups in total. The van der Waals surface area contributed by atoms with E-state index in [0.29, 0.717) is 12.5 Å². The summed E-state index contributed by atoms with van der Waals surface area (Å²) >= 11 is 0. The molecule has 0 saturated heterocycles. The monoisotopic (exact) mass is 253 g/mol. The first-order chi connectivity index (χ1) is 8.36. The predicted octanol–water partition coefficient (Wildman–Crippen LogP) is 1.71. The normalized spacial score (nSPS) is 14.3. The van der Waals surface area contributed by atoms with Gasteiger partial charge in [0.25, 0.3) is 5.91 Å². The summed E-state index contributed by atoms with van der Waals surface area (Å²) in [5.41, 5.74) is 5.43. The topological polar surface area (TPSA) is 68.0 Å². The maximum atomic E-state index is 12.7. The Morgan fingerprint density at radius 1 is 1.56 bits per heavy atom. The third-order valence-electron chi connectivity index (χ3n) is 2.68. The standard InChI is InChI=1S/C13H20FN3O/c1-9(2)6-13(3,8-15)17-12(18)11-5-4-10(14)7-16-11/h4-5,7,9H,6,8,15H2,1-3H3,(H,17,18). The Morgan fingerprint density at radius 3 is 2.67 bits per heavy atom. The van der Waals surface area contributed by atoms with Gasteiger partial charge in [0.15, 0.2) is 0 Å². The first-order valence-electron chi connectivity index (χ1n) is 6.00. The summed E-state index contributed by atoms with van der Waals surface area (Å²) in [6, 6.07) is 2.57. The van der Waals surface area contributed by atoms with Crippen molar-refractivity contribution in [1.82, 2.24) is 10.3 Å². The number of amides is 1. The molecule has 1 unspecified atom stereocenters. The lowest BCUT2D eigenvalue weighted by atomic mass is 9.90.